The number of hydrogen-bond acceptors (Lipinski definition) is 3. The van der Waals surface area contributed by atoms with Crippen LogP contribution in [0.2, 0.25) is 0 Å². The predicted octanol–water partition coefficient (Wildman–Crippen LogP) is 2.55. The summed E-state index contributed by atoms with van der Waals surface area (Å²) >= 11 is 0. The van der Waals surface area contributed by atoms with E-state index in [1.807, 2.05) is 13.0 Å². The van der Waals surface area contributed by atoms with Crippen molar-refractivity contribution >= 4 is 29.9 Å². The van der Waals surface area contributed by atoms with Crippen LogP contribution in [0.5, 0.6) is 0 Å². The topological polar surface area (TPSA) is 54.9 Å². The zero-order valence-corrected chi connectivity index (χ0v) is 16.1. The zero-order chi connectivity index (χ0) is 16.0. The van der Waals surface area contributed by atoms with Crippen LogP contribution in [0.15, 0.2) is 29.3 Å². The smallest absolute Gasteiger partial charge is 0.191 e. The van der Waals surface area contributed by atoms with Crippen LogP contribution in [-0.4, -0.2) is 46.0 Å². The lowest BCUT2D eigenvalue weighted by molar-refractivity contribution is 0.0698. The number of methoxy groups -OCH3 is 1. The molecular formula is C16H27FIN3O2. The molecule has 0 atom stereocenters. The van der Waals surface area contributed by atoms with Crippen molar-refractivity contribution < 1.29 is 13.9 Å². The molecule has 1 aromatic carbocycles. The fraction of sp³-hybridized carbons (Fsp3) is 0.562. The van der Waals surface area contributed by atoms with Gasteiger partial charge in [-0.05, 0) is 19.4 Å². The third-order valence-electron chi connectivity index (χ3n) is 2.90. The predicted molar refractivity (Wildman–Crippen MR) is 102 cm³/mol. The number of halogens is 2. The Morgan fingerprint density at radius 1 is 1.17 bits per heavy atom. The first-order valence-electron chi connectivity index (χ1n) is 7.60. The van der Waals surface area contributed by atoms with Gasteiger partial charge in [0.2, 0.25) is 0 Å². The third-order valence-corrected chi connectivity index (χ3v) is 2.90. The van der Waals surface area contributed by atoms with Crippen LogP contribution >= 0.6 is 24.0 Å². The number of hydrogen-bond donors (Lipinski definition) is 2. The van der Waals surface area contributed by atoms with Gasteiger partial charge in [0.25, 0.3) is 0 Å². The molecule has 7 heteroatoms. The van der Waals surface area contributed by atoms with E-state index in [-0.39, 0.29) is 29.8 Å². The Bertz CT molecular complexity index is 447. The second-order valence-corrected chi connectivity index (χ2v) is 4.67. The molecule has 0 aliphatic heterocycles. The molecule has 1 rings (SSSR count). The van der Waals surface area contributed by atoms with E-state index in [1.54, 1.807) is 19.2 Å². The van der Waals surface area contributed by atoms with Gasteiger partial charge in [-0.1, -0.05) is 18.2 Å². The largest absolute Gasteiger partial charge is 0.382 e. The van der Waals surface area contributed by atoms with Gasteiger partial charge in [0.05, 0.1) is 19.8 Å². The molecule has 2 N–H and O–H groups in total. The summed E-state index contributed by atoms with van der Waals surface area (Å²) in [5, 5.41) is 6.35. The highest BCUT2D eigenvalue weighted by Gasteiger charge is 2.01. The Morgan fingerprint density at radius 3 is 2.65 bits per heavy atom. The van der Waals surface area contributed by atoms with Gasteiger partial charge in [0.1, 0.15) is 5.82 Å². The van der Waals surface area contributed by atoms with Gasteiger partial charge in [-0.2, -0.15) is 0 Å². The van der Waals surface area contributed by atoms with Crippen molar-refractivity contribution in [1.29, 1.82) is 0 Å². The van der Waals surface area contributed by atoms with Crippen molar-refractivity contribution in [2.75, 3.05) is 40.0 Å². The normalized spacial score (nSPS) is 11.0. The van der Waals surface area contributed by atoms with E-state index in [0.717, 1.165) is 19.5 Å². The Morgan fingerprint density at radius 2 is 1.96 bits per heavy atom. The Hall–Kier alpha value is -0.930. The van der Waals surface area contributed by atoms with Crippen molar-refractivity contribution in [3.05, 3.63) is 35.6 Å². The summed E-state index contributed by atoms with van der Waals surface area (Å²) in [6.07, 6.45) is 0.869. The van der Waals surface area contributed by atoms with Crippen LogP contribution < -0.4 is 10.6 Å². The Balaban J connectivity index is 0.00000484. The first-order chi connectivity index (χ1) is 10.8. The van der Waals surface area contributed by atoms with Crippen molar-refractivity contribution in [3.8, 4) is 0 Å². The lowest BCUT2D eigenvalue weighted by Crippen LogP contribution is -2.38. The fourth-order valence-electron chi connectivity index (χ4n) is 1.76. The number of rotatable bonds is 10. The van der Waals surface area contributed by atoms with Gasteiger partial charge >= 0.3 is 0 Å². The number of ether oxygens (including phenoxy) is 2. The summed E-state index contributed by atoms with van der Waals surface area (Å²) in [6.45, 7) is 5.70. The lowest BCUT2D eigenvalue weighted by Gasteiger charge is -2.11. The third kappa shape index (κ3) is 10.5. The molecule has 0 amide bonds. The summed E-state index contributed by atoms with van der Waals surface area (Å²) in [4.78, 5) is 4.39. The van der Waals surface area contributed by atoms with Gasteiger partial charge < -0.3 is 20.1 Å². The first-order valence-corrected chi connectivity index (χ1v) is 7.60. The van der Waals surface area contributed by atoms with Gasteiger partial charge in [0, 0.05) is 32.4 Å². The Kier molecular flexibility index (Phi) is 14.1. The maximum absolute atomic E-state index is 13.5. The number of aliphatic imine (C=N–C) groups is 1. The zero-order valence-electron chi connectivity index (χ0n) is 13.8. The molecule has 0 saturated heterocycles. The number of benzene rings is 1. The molecule has 132 valence electrons. The number of nitrogens with one attached hydrogen (secondary N) is 2. The van der Waals surface area contributed by atoms with E-state index in [1.165, 1.54) is 6.07 Å². The van der Waals surface area contributed by atoms with E-state index in [9.17, 15) is 4.39 Å². The highest BCUT2D eigenvalue weighted by molar-refractivity contribution is 14.0. The van der Waals surface area contributed by atoms with Crippen LogP contribution in [0.4, 0.5) is 4.39 Å². The van der Waals surface area contributed by atoms with E-state index in [0.29, 0.717) is 37.9 Å². The minimum absolute atomic E-state index is 0. The summed E-state index contributed by atoms with van der Waals surface area (Å²) in [6, 6.07) is 6.68. The summed E-state index contributed by atoms with van der Waals surface area (Å²) in [5.41, 5.74) is 0.586. The minimum atomic E-state index is -0.228. The molecule has 0 bridgehead atoms. The summed E-state index contributed by atoms with van der Waals surface area (Å²) < 4.78 is 23.8. The van der Waals surface area contributed by atoms with Crippen molar-refractivity contribution in [2.45, 2.75) is 19.9 Å². The molecule has 0 spiro atoms. The van der Waals surface area contributed by atoms with Crippen molar-refractivity contribution in [1.82, 2.24) is 10.6 Å². The summed E-state index contributed by atoms with van der Waals surface area (Å²) in [7, 11) is 1.65. The minimum Gasteiger partial charge on any atom is -0.382 e. The second-order valence-electron chi connectivity index (χ2n) is 4.67. The molecule has 0 radical (unpaired) electrons. The molecule has 0 saturated carbocycles. The van der Waals surface area contributed by atoms with E-state index in [2.05, 4.69) is 15.6 Å². The molecular weight excluding hydrogens is 412 g/mol. The lowest BCUT2D eigenvalue weighted by atomic mass is 10.2. The van der Waals surface area contributed by atoms with Crippen molar-refractivity contribution in [2.24, 2.45) is 4.99 Å². The molecule has 0 aromatic heterocycles. The van der Waals surface area contributed by atoms with E-state index >= 15 is 0 Å². The van der Waals surface area contributed by atoms with Gasteiger partial charge in [-0.3, -0.25) is 0 Å². The van der Waals surface area contributed by atoms with Crippen LogP contribution in [-0.2, 0) is 16.0 Å². The quantitative estimate of drug-likeness (QED) is 0.255. The van der Waals surface area contributed by atoms with E-state index < -0.39 is 0 Å². The Labute approximate surface area is 155 Å². The van der Waals surface area contributed by atoms with Crippen LogP contribution in [0.25, 0.3) is 0 Å². The van der Waals surface area contributed by atoms with E-state index in [4.69, 9.17) is 9.47 Å². The fourth-order valence-corrected chi connectivity index (χ4v) is 1.76. The monoisotopic (exact) mass is 439 g/mol. The second kappa shape index (κ2) is 14.6. The van der Waals surface area contributed by atoms with Crippen LogP contribution in [0.3, 0.4) is 0 Å². The highest BCUT2D eigenvalue weighted by Crippen LogP contribution is 2.07. The highest BCUT2D eigenvalue weighted by atomic mass is 127. The number of guanidine groups is 1. The average molecular weight is 439 g/mol. The molecule has 0 aliphatic rings. The van der Waals surface area contributed by atoms with Crippen LogP contribution in [0, 0.1) is 5.82 Å². The van der Waals surface area contributed by atoms with Gasteiger partial charge in [-0.25, -0.2) is 9.38 Å². The molecule has 0 fully saturated rings. The molecule has 0 aliphatic carbocycles. The first kappa shape index (κ1) is 22.1. The molecule has 1 aromatic rings. The van der Waals surface area contributed by atoms with Gasteiger partial charge in [-0.15, -0.1) is 24.0 Å². The summed E-state index contributed by atoms with van der Waals surface area (Å²) in [5.74, 6) is 0.455. The maximum atomic E-state index is 13.5. The van der Waals surface area contributed by atoms with Crippen molar-refractivity contribution in [3.63, 3.8) is 0 Å². The average Bonchev–Trinajstić information content (AvgIpc) is 2.53. The molecule has 0 heterocycles. The maximum Gasteiger partial charge on any atom is 0.191 e. The standard InChI is InChI=1S/C16H26FN3O2.HI/c1-3-18-16(19-9-6-10-22-12-11-21-2)20-13-14-7-4-5-8-15(14)17;/h4-5,7-8H,3,6,9-13H2,1-2H3,(H2,18,19,20);1H. The molecule has 5 nitrogen and oxygen atoms in total. The molecule has 23 heavy (non-hydrogen) atoms. The van der Waals surface area contributed by atoms with Gasteiger partial charge in [0.15, 0.2) is 5.96 Å². The number of nitrogens with zero attached hydrogens (tertiary/aromatic N) is 1. The molecule has 0 unspecified atom stereocenters. The SMILES string of the molecule is CCNC(=NCc1ccccc1F)NCCCOCCOC.I. The van der Waals surface area contributed by atoms with Crippen LogP contribution in [0.1, 0.15) is 18.9 Å².